The van der Waals surface area contributed by atoms with Crippen molar-refractivity contribution in [1.29, 1.82) is 0 Å². The molecule has 0 aromatic heterocycles. The summed E-state index contributed by atoms with van der Waals surface area (Å²) in [5, 5.41) is 0. The molecular formula is C12H18. The number of rotatable bonds is 0. The van der Waals surface area contributed by atoms with Crippen molar-refractivity contribution in [1.82, 2.24) is 0 Å². The third-order valence-corrected chi connectivity index (χ3v) is 2.10. The van der Waals surface area contributed by atoms with E-state index in [0.29, 0.717) is 0 Å². The first kappa shape index (κ1) is 9.31. The van der Waals surface area contributed by atoms with E-state index in [1.54, 1.807) is 0 Å². The monoisotopic (exact) mass is 162 g/mol. The number of hydrogen-bond acceptors (Lipinski definition) is 0. The van der Waals surface area contributed by atoms with E-state index in [0.717, 1.165) is 0 Å². The van der Waals surface area contributed by atoms with Gasteiger partial charge in [-0.05, 0) is 25.7 Å². The average molecular weight is 162 g/mol. The first-order chi connectivity index (χ1) is 6.00. The van der Waals surface area contributed by atoms with E-state index in [2.05, 4.69) is 36.5 Å². The molecule has 0 spiro atoms. The maximum absolute atomic E-state index is 2.26. The summed E-state index contributed by atoms with van der Waals surface area (Å²) < 4.78 is 0. The Bertz CT molecular complexity index is 152. The number of allylic oxidation sites excluding steroid dienone is 6. The normalized spacial score (nSPS) is 20.0. The van der Waals surface area contributed by atoms with E-state index in [4.69, 9.17) is 0 Å². The van der Waals surface area contributed by atoms with E-state index in [9.17, 15) is 0 Å². The van der Waals surface area contributed by atoms with E-state index in [1.807, 2.05) is 0 Å². The Kier molecular flexibility index (Phi) is 5.35. The zero-order valence-electron chi connectivity index (χ0n) is 7.71. The summed E-state index contributed by atoms with van der Waals surface area (Å²) in [6, 6.07) is 0. The smallest absolute Gasteiger partial charge is 0.0348 e. The Balaban J connectivity index is 2.32. The summed E-state index contributed by atoms with van der Waals surface area (Å²) in [6.45, 7) is 0. The van der Waals surface area contributed by atoms with E-state index in [1.165, 1.54) is 38.5 Å². The molecule has 1 aliphatic rings. The van der Waals surface area contributed by atoms with Crippen LogP contribution >= 0.6 is 0 Å². The molecule has 0 fully saturated rings. The van der Waals surface area contributed by atoms with Crippen LogP contribution in [0, 0.1) is 0 Å². The summed E-state index contributed by atoms with van der Waals surface area (Å²) in [6.07, 6.45) is 21.0. The Labute approximate surface area is 75.7 Å². The van der Waals surface area contributed by atoms with Gasteiger partial charge < -0.3 is 0 Å². The van der Waals surface area contributed by atoms with Crippen molar-refractivity contribution in [3.05, 3.63) is 36.5 Å². The zero-order valence-corrected chi connectivity index (χ0v) is 7.71. The van der Waals surface area contributed by atoms with Crippen LogP contribution in [0.4, 0.5) is 0 Å². The van der Waals surface area contributed by atoms with Gasteiger partial charge in [0, 0.05) is 0 Å². The third kappa shape index (κ3) is 4.95. The topological polar surface area (TPSA) is 0 Å². The molecule has 0 heteroatoms. The fraction of sp³-hybridized carbons (Fsp3) is 0.500. The molecule has 0 N–H and O–H groups in total. The van der Waals surface area contributed by atoms with Crippen molar-refractivity contribution in [2.45, 2.75) is 38.5 Å². The molecular weight excluding hydrogens is 144 g/mol. The Morgan fingerprint density at radius 2 is 1.00 bits per heavy atom. The van der Waals surface area contributed by atoms with Gasteiger partial charge in [0.15, 0.2) is 0 Å². The summed E-state index contributed by atoms with van der Waals surface area (Å²) in [7, 11) is 0. The Morgan fingerprint density at radius 3 is 1.50 bits per heavy atom. The summed E-state index contributed by atoms with van der Waals surface area (Å²) in [4.78, 5) is 0. The molecule has 0 amide bonds. The second-order valence-electron chi connectivity index (χ2n) is 3.23. The molecule has 0 radical (unpaired) electrons. The lowest BCUT2D eigenvalue weighted by Crippen LogP contribution is -1.77. The van der Waals surface area contributed by atoms with Crippen LogP contribution in [-0.2, 0) is 0 Å². The Hall–Kier alpha value is -0.780. The lowest BCUT2D eigenvalue weighted by atomic mass is 10.1. The quantitative estimate of drug-likeness (QED) is 0.505. The van der Waals surface area contributed by atoms with Gasteiger partial charge in [-0.25, -0.2) is 0 Å². The molecule has 12 heavy (non-hydrogen) atoms. The van der Waals surface area contributed by atoms with E-state index < -0.39 is 0 Å². The van der Waals surface area contributed by atoms with Crippen LogP contribution in [0.2, 0.25) is 0 Å². The predicted octanol–water partition coefficient (Wildman–Crippen LogP) is 4.01. The largest absolute Gasteiger partial charge is 0.0845 e. The highest BCUT2D eigenvalue weighted by Crippen LogP contribution is 2.07. The van der Waals surface area contributed by atoms with Crippen molar-refractivity contribution < 1.29 is 0 Å². The molecule has 0 nitrogen and oxygen atoms in total. The van der Waals surface area contributed by atoms with Gasteiger partial charge in [0.25, 0.3) is 0 Å². The molecule has 0 bridgehead atoms. The SMILES string of the molecule is C1=CC=CCCCCCCC=C1. The summed E-state index contributed by atoms with van der Waals surface area (Å²) >= 11 is 0. The van der Waals surface area contributed by atoms with Crippen molar-refractivity contribution in [3.8, 4) is 0 Å². The lowest BCUT2D eigenvalue weighted by Gasteiger charge is -1.96. The van der Waals surface area contributed by atoms with Crippen molar-refractivity contribution in [2.24, 2.45) is 0 Å². The minimum atomic E-state index is 1.24. The van der Waals surface area contributed by atoms with Gasteiger partial charge in [-0.1, -0.05) is 49.3 Å². The molecule has 0 aliphatic heterocycles. The van der Waals surface area contributed by atoms with Crippen molar-refractivity contribution in [3.63, 3.8) is 0 Å². The van der Waals surface area contributed by atoms with Gasteiger partial charge in [0.2, 0.25) is 0 Å². The summed E-state index contributed by atoms with van der Waals surface area (Å²) in [5.41, 5.74) is 0. The van der Waals surface area contributed by atoms with Crippen molar-refractivity contribution in [2.75, 3.05) is 0 Å². The molecule has 0 saturated carbocycles. The summed E-state index contributed by atoms with van der Waals surface area (Å²) in [5.74, 6) is 0. The highest BCUT2D eigenvalue weighted by atomic mass is 13.9. The molecule has 1 aliphatic carbocycles. The molecule has 66 valence electrons. The second kappa shape index (κ2) is 6.90. The third-order valence-electron chi connectivity index (χ3n) is 2.10. The van der Waals surface area contributed by atoms with Gasteiger partial charge >= 0.3 is 0 Å². The highest BCUT2D eigenvalue weighted by Gasteiger charge is 1.87. The molecule has 0 saturated heterocycles. The average Bonchev–Trinajstić information content (AvgIpc) is 2.05. The van der Waals surface area contributed by atoms with Crippen LogP contribution in [0.25, 0.3) is 0 Å². The minimum Gasteiger partial charge on any atom is -0.0845 e. The van der Waals surface area contributed by atoms with Crippen LogP contribution in [0.5, 0.6) is 0 Å². The lowest BCUT2D eigenvalue weighted by molar-refractivity contribution is 0.652. The zero-order chi connectivity index (χ0) is 8.49. The molecule has 0 heterocycles. The standard InChI is InChI=1S/C12H18/c1-2-4-6-8-10-12-11-9-7-5-3-1/h1-6H,7-12H2. The first-order valence-electron chi connectivity index (χ1n) is 4.98. The van der Waals surface area contributed by atoms with Crippen LogP contribution in [-0.4, -0.2) is 0 Å². The second-order valence-corrected chi connectivity index (χ2v) is 3.23. The molecule has 0 aromatic rings. The van der Waals surface area contributed by atoms with Gasteiger partial charge in [0.05, 0.1) is 0 Å². The van der Waals surface area contributed by atoms with Crippen LogP contribution in [0.1, 0.15) is 38.5 Å². The fourth-order valence-corrected chi connectivity index (χ4v) is 1.36. The predicted molar refractivity (Wildman–Crippen MR) is 55.1 cm³/mol. The van der Waals surface area contributed by atoms with E-state index in [-0.39, 0.29) is 0 Å². The van der Waals surface area contributed by atoms with Gasteiger partial charge in [-0.3, -0.25) is 0 Å². The highest BCUT2D eigenvalue weighted by molar-refractivity contribution is 5.11. The maximum atomic E-state index is 2.26. The van der Waals surface area contributed by atoms with Gasteiger partial charge in [-0.2, -0.15) is 0 Å². The van der Waals surface area contributed by atoms with E-state index >= 15 is 0 Å². The number of hydrogen-bond donors (Lipinski definition) is 0. The van der Waals surface area contributed by atoms with Crippen LogP contribution in [0.15, 0.2) is 36.5 Å². The minimum absolute atomic E-state index is 1.24. The first-order valence-corrected chi connectivity index (χ1v) is 4.98. The Morgan fingerprint density at radius 1 is 0.500 bits per heavy atom. The maximum Gasteiger partial charge on any atom is -0.0348 e. The van der Waals surface area contributed by atoms with Crippen molar-refractivity contribution >= 4 is 0 Å². The molecule has 1 rings (SSSR count). The van der Waals surface area contributed by atoms with Crippen LogP contribution in [0.3, 0.4) is 0 Å². The van der Waals surface area contributed by atoms with Gasteiger partial charge in [0.1, 0.15) is 0 Å². The fourth-order valence-electron chi connectivity index (χ4n) is 1.36. The molecule has 0 aromatic carbocycles. The molecule has 0 atom stereocenters. The van der Waals surface area contributed by atoms with Gasteiger partial charge in [-0.15, -0.1) is 0 Å². The van der Waals surface area contributed by atoms with Crippen LogP contribution < -0.4 is 0 Å². The molecule has 0 unspecified atom stereocenters.